The second-order valence-electron chi connectivity index (χ2n) is 4.49. The van der Waals surface area contributed by atoms with Crippen molar-refractivity contribution in [2.24, 2.45) is 5.73 Å². The van der Waals surface area contributed by atoms with E-state index in [1.807, 2.05) is 6.07 Å². The maximum atomic E-state index is 10.9. The van der Waals surface area contributed by atoms with Crippen LogP contribution in [-0.4, -0.2) is 10.8 Å². The summed E-state index contributed by atoms with van der Waals surface area (Å²) in [6.07, 6.45) is 0. The number of nitrogens with zero attached hydrogens (tertiary/aromatic N) is 1. The van der Waals surface area contributed by atoms with Gasteiger partial charge in [0.15, 0.2) is 0 Å². The number of ether oxygens (including phenoxy) is 1. The molecule has 0 unspecified atom stereocenters. The van der Waals surface area contributed by atoms with Crippen molar-refractivity contribution in [3.63, 3.8) is 0 Å². The molecule has 0 heterocycles. The van der Waals surface area contributed by atoms with Gasteiger partial charge in [-0.3, -0.25) is 15.5 Å². The number of hydrogen-bond acceptors (Lipinski definition) is 4. The predicted molar refractivity (Wildman–Crippen MR) is 86.3 cm³/mol. The van der Waals surface area contributed by atoms with Crippen molar-refractivity contribution in [2.45, 2.75) is 13.2 Å². The van der Waals surface area contributed by atoms with E-state index in [-0.39, 0.29) is 30.5 Å². The highest BCUT2D eigenvalue weighted by Gasteiger charge is 2.12. The van der Waals surface area contributed by atoms with Crippen LogP contribution in [-0.2, 0) is 18.0 Å². The van der Waals surface area contributed by atoms with Crippen LogP contribution in [0.3, 0.4) is 0 Å². The van der Waals surface area contributed by atoms with Gasteiger partial charge in [0.25, 0.3) is 5.69 Å². The van der Waals surface area contributed by atoms with Crippen molar-refractivity contribution in [1.29, 1.82) is 5.41 Å². The minimum Gasteiger partial charge on any atom is -0.384 e. The van der Waals surface area contributed by atoms with E-state index >= 15 is 0 Å². The van der Waals surface area contributed by atoms with Crippen LogP contribution in [0, 0.1) is 15.5 Å². The molecule has 0 atom stereocenters. The monoisotopic (exact) mass is 321 g/mol. The number of rotatable bonds is 6. The molecule has 0 amide bonds. The second kappa shape index (κ2) is 8.11. The molecule has 0 aliphatic carbocycles. The fourth-order valence-corrected chi connectivity index (χ4v) is 1.92. The molecule has 0 aliphatic heterocycles. The Hall–Kier alpha value is -2.44. The molecule has 0 radical (unpaired) electrons. The van der Waals surface area contributed by atoms with Gasteiger partial charge in [0.2, 0.25) is 0 Å². The molecular formula is C15H16ClN3O3. The molecule has 0 bridgehead atoms. The Morgan fingerprint density at radius 3 is 2.59 bits per heavy atom. The third kappa shape index (κ3) is 4.54. The van der Waals surface area contributed by atoms with E-state index < -0.39 is 4.92 Å². The molecular weight excluding hydrogens is 306 g/mol. The molecule has 2 aromatic rings. The van der Waals surface area contributed by atoms with Gasteiger partial charge in [0, 0.05) is 11.6 Å². The summed E-state index contributed by atoms with van der Waals surface area (Å²) in [4.78, 5) is 10.5. The highest BCUT2D eigenvalue weighted by Crippen LogP contribution is 2.19. The molecule has 7 heteroatoms. The lowest BCUT2D eigenvalue weighted by Crippen LogP contribution is -2.11. The van der Waals surface area contributed by atoms with Crippen molar-refractivity contribution in [3.05, 3.63) is 75.3 Å². The molecule has 0 fully saturated rings. The molecule has 0 spiro atoms. The first kappa shape index (κ1) is 17.6. The summed E-state index contributed by atoms with van der Waals surface area (Å²) >= 11 is 0. The lowest BCUT2D eigenvalue weighted by atomic mass is 10.1. The number of hydrogen-bond donors (Lipinski definition) is 2. The lowest BCUT2D eigenvalue weighted by Gasteiger charge is -2.06. The van der Waals surface area contributed by atoms with Crippen LogP contribution in [0.25, 0.3) is 0 Å². The number of nitro groups is 1. The van der Waals surface area contributed by atoms with Crippen LogP contribution in [0.5, 0.6) is 0 Å². The van der Waals surface area contributed by atoms with Crippen LogP contribution in [0.4, 0.5) is 5.69 Å². The predicted octanol–water partition coefficient (Wildman–Crippen LogP) is 3.02. The summed E-state index contributed by atoms with van der Waals surface area (Å²) < 4.78 is 5.52. The first-order valence-corrected chi connectivity index (χ1v) is 6.31. The summed E-state index contributed by atoms with van der Waals surface area (Å²) in [5, 5.41) is 18.3. The van der Waals surface area contributed by atoms with E-state index in [1.54, 1.807) is 36.4 Å². The van der Waals surface area contributed by atoms with E-state index in [0.29, 0.717) is 17.7 Å². The van der Waals surface area contributed by atoms with Gasteiger partial charge in [-0.2, -0.15) is 0 Å². The van der Waals surface area contributed by atoms with Gasteiger partial charge in [-0.25, -0.2) is 0 Å². The van der Waals surface area contributed by atoms with Crippen LogP contribution >= 0.6 is 12.4 Å². The number of benzene rings is 2. The molecule has 6 nitrogen and oxygen atoms in total. The molecule has 116 valence electrons. The van der Waals surface area contributed by atoms with Crippen molar-refractivity contribution in [2.75, 3.05) is 0 Å². The Morgan fingerprint density at radius 2 is 1.91 bits per heavy atom. The van der Waals surface area contributed by atoms with Crippen molar-refractivity contribution in [1.82, 2.24) is 0 Å². The van der Waals surface area contributed by atoms with Gasteiger partial charge in [-0.1, -0.05) is 30.3 Å². The third-order valence-corrected chi connectivity index (χ3v) is 2.95. The standard InChI is InChI=1S/C15H15N3O3.ClH/c16-15(17)12-6-3-4-11(8-12)9-21-10-13-5-1-2-7-14(13)18(19)20;/h1-8H,9-10H2,(H3,16,17);1H. The Bertz CT molecular complexity index is 677. The smallest absolute Gasteiger partial charge is 0.274 e. The number of nitro benzene ring substituents is 1. The average molecular weight is 322 g/mol. The van der Waals surface area contributed by atoms with Crippen LogP contribution < -0.4 is 5.73 Å². The first-order valence-electron chi connectivity index (χ1n) is 6.31. The summed E-state index contributed by atoms with van der Waals surface area (Å²) in [7, 11) is 0. The van der Waals surface area contributed by atoms with Gasteiger partial charge < -0.3 is 10.5 Å². The topological polar surface area (TPSA) is 102 Å². The quantitative estimate of drug-likeness (QED) is 0.369. The van der Waals surface area contributed by atoms with Crippen molar-refractivity contribution >= 4 is 23.9 Å². The van der Waals surface area contributed by atoms with Gasteiger partial charge in [-0.05, 0) is 17.7 Å². The second-order valence-corrected chi connectivity index (χ2v) is 4.49. The van der Waals surface area contributed by atoms with Crippen molar-refractivity contribution < 1.29 is 9.66 Å². The molecule has 3 N–H and O–H groups in total. The molecule has 0 saturated carbocycles. The lowest BCUT2D eigenvalue weighted by molar-refractivity contribution is -0.386. The third-order valence-electron chi connectivity index (χ3n) is 2.95. The molecule has 2 rings (SSSR count). The number of nitrogen functional groups attached to an aromatic ring is 1. The highest BCUT2D eigenvalue weighted by molar-refractivity contribution is 5.95. The van der Waals surface area contributed by atoms with Gasteiger partial charge in [-0.15, -0.1) is 12.4 Å². The van der Waals surface area contributed by atoms with E-state index in [2.05, 4.69) is 0 Å². The maximum absolute atomic E-state index is 10.9. The SMILES string of the molecule is Cl.N=C(N)c1cccc(COCc2ccccc2[N+](=O)[O-])c1. The zero-order chi connectivity index (χ0) is 15.2. The fraction of sp³-hybridized carbons (Fsp3) is 0.133. The maximum Gasteiger partial charge on any atom is 0.274 e. The molecule has 22 heavy (non-hydrogen) atoms. The van der Waals surface area contributed by atoms with E-state index in [9.17, 15) is 10.1 Å². The minimum absolute atomic E-state index is 0. The largest absolute Gasteiger partial charge is 0.384 e. The van der Waals surface area contributed by atoms with E-state index in [1.165, 1.54) is 6.07 Å². The van der Waals surface area contributed by atoms with Gasteiger partial charge in [0.05, 0.1) is 23.7 Å². The molecule has 0 aromatic heterocycles. The number of nitrogens with one attached hydrogen (secondary N) is 1. The highest BCUT2D eigenvalue weighted by atomic mass is 35.5. The fourth-order valence-electron chi connectivity index (χ4n) is 1.92. The summed E-state index contributed by atoms with van der Waals surface area (Å²) in [5.74, 6) is -0.00412. The number of amidine groups is 1. The summed E-state index contributed by atoms with van der Waals surface area (Å²) in [6.45, 7) is 0.453. The van der Waals surface area contributed by atoms with Crippen LogP contribution in [0.1, 0.15) is 16.7 Å². The number of para-hydroxylation sites is 1. The van der Waals surface area contributed by atoms with Gasteiger partial charge >= 0.3 is 0 Å². The molecule has 2 aromatic carbocycles. The summed E-state index contributed by atoms with van der Waals surface area (Å²) in [6, 6.07) is 13.6. The minimum atomic E-state index is -0.422. The molecule has 0 saturated heterocycles. The zero-order valence-electron chi connectivity index (χ0n) is 11.7. The Labute approximate surface area is 134 Å². The van der Waals surface area contributed by atoms with Crippen molar-refractivity contribution in [3.8, 4) is 0 Å². The average Bonchev–Trinajstić information content (AvgIpc) is 2.48. The molecule has 0 aliphatic rings. The van der Waals surface area contributed by atoms with Crippen LogP contribution in [0.2, 0.25) is 0 Å². The van der Waals surface area contributed by atoms with E-state index in [4.69, 9.17) is 15.9 Å². The number of halogens is 1. The van der Waals surface area contributed by atoms with E-state index in [0.717, 1.165) is 5.56 Å². The van der Waals surface area contributed by atoms with Gasteiger partial charge in [0.1, 0.15) is 5.84 Å². The number of nitrogens with two attached hydrogens (primary N) is 1. The normalized spacial score (nSPS) is 9.82. The first-order chi connectivity index (χ1) is 10.1. The zero-order valence-corrected chi connectivity index (χ0v) is 12.5. The van der Waals surface area contributed by atoms with Crippen LogP contribution in [0.15, 0.2) is 48.5 Å². The Balaban J connectivity index is 0.00000242. The Kier molecular flexibility index (Phi) is 6.49. The summed E-state index contributed by atoms with van der Waals surface area (Å²) in [5.41, 5.74) is 7.50. The Morgan fingerprint density at radius 1 is 1.18 bits per heavy atom.